The molecule has 42 heavy (non-hydrogen) atoms. The molecule has 2 rings (SSSR count). The molecule has 0 radical (unpaired) electrons. The Kier molecular flexibility index (Phi) is 13.3. The van der Waals surface area contributed by atoms with Crippen molar-refractivity contribution in [1.82, 2.24) is 21.3 Å². The van der Waals surface area contributed by atoms with Crippen LogP contribution in [0.2, 0.25) is 0 Å². The van der Waals surface area contributed by atoms with Crippen LogP contribution in [-0.4, -0.2) is 105 Å². The zero-order valence-electron chi connectivity index (χ0n) is 23.7. The first-order valence-electron chi connectivity index (χ1n) is 13.5. The van der Waals surface area contributed by atoms with E-state index in [4.69, 9.17) is 10.5 Å². The topological polar surface area (TPSA) is 250 Å². The molecule has 1 heterocycles. The Morgan fingerprint density at radius 1 is 0.952 bits per heavy atom. The van der Waals surface area contributed by atoms with Gasteiger partial charge in [0, 0.05) is 6.92 Å². The highest BCUT2D eigenvalue weighted by Crippen LogP contribution is 2.20. The molecular weight excluding hydrogens is 554 g/mol. The second-order valence-electron chi connectivity index (χ2n) is 10.6. The first-order chi connectivity index (χ1) is 19.7. The highest BCUT2D eigenvalue weighted by atomic mass is 16.5. The molecule has 1 saturated heterocycles. The van der Waals surface area contributed by atoms with Gasteiger partial charge in [0.2, 0.25) is 23.6 Å². The standard InChI is InChI=1S/C27H41N5O10/c1-13(2)9-18(27(40)41)31-25(39)17(30-24(38)16(28)10-15-7-5-4-6-8-15)11-20(35)32-26-21(29-14(3)34)23(37)22(36)19(12-33)42-26/h4-8,13,16-19,21-23,26,33,36-37H,9-12,28H2,1-3H3,(H,29,34)(H,30,38)(H,31,39)(H,32,35)(H,40,41)/t16-,17-,18-,19+,21+,22+,23+,26+/m0/s1. The van der Waals surface area contributed by atoms with Crippen LogP contribution in [0.1, 0.15) is 39.2 Å². The number of nitrogens with one attached hydrogen (secondary N) is 4. The maximum Gasteiger partial charge on any atom is 0.326 e. The largest absolute Gasteiger partial charge is 0.480 e. The molecule has 0 bridgehead atoms. The SMILES string of the molecule is CC(=O)N[C@@H]1[C@@H](O)[C@H](O)[C@@H](CO)O[C@H]1NC(=O)C[C@H](NC(=O)[C@@H](N)Cc1ccccc1)C(=O)N[C@@H](CC(C)C)C(=O)O. The number of nitrogens with two attached hydrogens (primary N) is 1. The molecule has 10 N–H and O–H groups in total. The predicted octanol–water partition coefficient (Wildman–Crippen LogP) is -2.89. The Hall–Kier alpha value is -3.63. The number of hydrogen-bond donors (Lipinski definition) is 9. The van der Waals surface area contributed by atoms with Crippen LogP contribution in [0.25, 0.3) is 0 Å². The summed E-state index contributed by atoms with van der Waals surface area (Å²) in [6, 6.07) is 3.53. The van der Waals surface area contributed by atoms with Gasteiger partial charge < -0.3 is 52.2 Å². The lowest BCUT2D eigenvalue weighted by Crippen LogP contribution is -2.68. The number of rotatable bonds is 14. The summed E-state index contributed by atoms with van der Waals surface area (Å²) in [6.07, 6.45) is -6.47. The molecule has 4 amide bonds. The van der Waals surface area contributed by atoms with Crippen molar-refractivity contribution in [2.75, 3.05) is 6.61 Å². The number of aliphatic hydroxyl groups excluding tert-OH is 3. The van der Waals surface area contributed by atoms with E-state index < -0.39 is 91.3 Å². The van der Waals surface area contributed by atoms with Gasteiger partial charge in [-0.2, -0.15) is 0 Å². The van der Waals surface area contributed by atoms with Crippen molar-refractivity contribution >= 4 is 29.6 Å². The average molecular weight is 596 g/mol. The van der Waals surface area contributed by atoms with Gasteiger partial charge in [0.1, 0.15) is 36.4 Å². The van der Waals surface area contributed by atoms with Gasteiger partial charge in [-0.25, -0.2) is 4.79 Å². The van der Waals surface area contributed by atoms with E-state index in [1.807, 2.05) is 0 Å². The minimum Gasteiger partial charge on any atom is -0.480 e. The summed E-state index contributed by atoms with van der Waals surface area (Å²) in [7, 11) is 0. The van der Waals surface area contributed by atoms with E-state index in [-0.39, 0.29) is 18.8 Å². The Bertz CT molecular complexity index is 1090. The van der Waals surface area contributed by atoms with Crippen molar-refractivity contribution in [2.45, 2.75) is 88.7 Å². The van der Waals surface area contributed by atoms with Crippen molar-refractivity contribution < 1.29 is 49.1 Å². The number of carboxylic acids is 1. The van der Waals surface area contributed by atoms with Crippen molar-refractivity contribution in [3.8, 4) is 0 Å². The van der Waals surface area contributed by atoms with Gasteiger partial charge in [-0.1, -0.05) is 44.2 Å². The fourth-order valence-corrected chi connectivity index (χ4v) is 4.45. The average Bonchev–Trinajstić information content (AvgIpc) is 2.91. The molecule has 1 aromatic rings. The summed E-state index contributed by atoms with van der Waals surface area (Å²) in [5.74, 6) is -4.64. The lowest BCUT2D eigenvalue weighted by molar-refractivity contribution is -0.203. The number of aliphatic hydroxyl groups is 3. The molecule has 234 valence electrons. The van der Waals surface area contributed by atoms with Crippen molar-refractivity contribution in [3.63, 3.8) is 0 Å². The summed E-state index contributed by atoms with van der Waals surface area (Å²) in [4.78, 5) is 62.6. The molecule has 0 spiro atoms. The molecule has 0 aliphatic carbocycles. The normalized spacial score (nSPS) is 24.1. The third-order valence-corrected chi connectivity index (χ3v) is 6.58. The Labute approximate surface area is 243 Å². The lowest BCUT2D eigenvalue weighted by atomic mass is 9.95. The first kappa shape index (κ1) is 34.6. The maximum atomic E-state index is 13.2. The second-order valence-corrected chi connectivity index (χ2v) is 10.6. The van der Waals surface area contributed by atoms with Gasteiger partial charge in [-0.05, 0) is 24.3 Å². The van der Waals surface area contributed by atoms with Crippen molar-refractivity contribution in [2.24, 2.45) is 11.7 Å². The minimum atomic E-state index is -1.63. The highest BCUT2D eigenvalue weighted by Gasteiger charge is 2.45. The van der Waals surface area contributed by atoms with E-state index in [9.17, 15) is 44.4 Å². The number of hydrogen-bond acceptors (Lipinski definition) is 10. The molecule has 8 atom stereocenters. The molecule has 15 nitrogen and oxygen atoms in total. The van der Waals surface area contributed by atoms with Crippen LogP contribution >= 0.6 is 0 Å². The van der Waals surface area contributed by atoms with Gasteiger partial charge in [0.05, 0.1) is 19.1 Å². The number of ether oxygens (including phenoxy) is 1. The molecule has 15 heteroatoms. The number of aliphatic carboxylic acids is 1. The molecular formula is C27H41N5O10. The predicted molar refractivity (Wildman–Crippen MR) is 147 cm³/mol. The number of benzene rings is 1. The van der Waals surface area contributed by atoms with Crippen molar-refractivity contribution in [1.29, 1.82) is 0 Å². The molecule has 1 fully saturated rings. The molecule has 0 unspecified atom stereocenters. The third kappa shape index (κ3) is 10.3. The van der Waals surface area contributed by atoms with Crippen LogP contribution in [0.3, 0.4) is 0 Å². The Morgan fingerprint density at radius 2 is 1.57 bits per heavy atom. The number of carbonyl (C=O) groups excluding carboxylic acids is 4. The molecule has 0 saturated carbocycles. The molecule has 1 aliphatic rings. The Balaban J connectivity index is 2.24. The highest BCUT2D eigenvalue weighted by molar-refractivity contribution is 5.95. The monoisotopic (exact) mass is 595 g/mol. The van der Waals surface area contributed by atoms with E-state index in [2.05, 4.69) is 21.3 Å². The van der Waals surface area contributed by atoms with E-state index in [1.54, 1.807) is 44.2 Å². The maximum absolute atomic E-state index is 13.2. The zero-order valence-corrected chi connectivity index (χ0v) is 23.7. The molecule has 1 aliphatic heterocycles. The molecule has 1 aromatic carbocycles. The quantitative estimate of drug-likeness (QED) is 0.106. The van der Waals surface area contributed by atoms with Crippen LogP contribution in [0.5, 0.6) is 0 Å². The number of amides is 4. The van der Waals surface area contributed by atoms with Gasteiger partial charge >= 0.3 is 5.97 Å². The minimum absolute atomic E-state index is 0.0819. The fraction of sp³-hybridized carbons (Fsp3) is 0.593. The number of carboxylic acid groups (broad SMARTS) is 1. The lowest BCUT2D eigenvalue weighted by Gasteiger charge is -2.42. The zero-order chi connectivity index (χ0) is 31.6. The van der Waals surface area contributed by atoms with Crippen molar-refractivity contribution in [3.05, 3.63) is 35.9 Å². The second kappa shape index (κ2) is 16.1. The first-order valence-corrected chi connectivity index (χ1v) is 13.5. The van der Waals surface area contributed by atoms with E-state index in [1.165, 1.54) is 0 Å². The van der Waals surface area contributed by atoms with Gasteiger partial charge in [-0.15, -0.1) is 0 Å². The van der Waals surface area contributed by atoms with E-state index in [0.29, 0.717) is 0 Å². The fourth-order valence-electron chi connectivity index (χ4n) is 4.45. The van der Waals surface area contributed by atoms with Crippen LogP contribution in [0.15, 0.2) is 30.3 Å². The molecule has 0 aromatic heterocycles. The van der Waals surface area contributed by atoms with Gasteiger partial charge in [0.15, 0.2) is 6.23 Å². The number of carbonyl (C=O) groups is 5. The van der Waals surface area contributed by atoms with Crippen LogP contribution < -0.4 is 27.0 Å². The summed E-state index contributed by atoms with van der Waals surface area (Å²) < 4.78 is 5.48. The summed E-state index contributed by atoms with van der Waals surface area (Å²) >= 11 is 0. The Morgan fingerprint density at radius 3 is 2.12 bits per heavy atom. The smallest absolute Gasteiger partial charge is 0.326 e. The van der Waals surface area contributed by atoms with Crippen LogP contribution in [0.4, 0.5) is 0 Å². The van der Waals surface area contributed by atoms with E-state index >= 15 is 0 Å². The van der Waals surface area contributed by atoms with Crippen LogP contribution in [-0.2, 0) is 35.1 Å². The van der Waals surface area contributed by atoms with Gasteiger partial charge in [0.25, 0.3) is 0 Å². The van der Waals surface area contributed by atoms with E-state index in [0.717, 1.165) is 12.5 Å². The van der Waals surface area contributed by atoms with Crippen LogP contribution in [0, 0.1) is 5.92 Å². The summed E-state index contributed by atoms with van der Waals surface area (Å²) in [5.41, 5.74) is 6.79. The third-order valence-electron chi connectivity index (χ3n) is 6.58. The summed E-state index contributed by atoms with van der Waals surface area (Å²) in [6.45, 7) is 3.95. The summed E-state index contributed by atoms with van der Waals surface area (Å²) in [5, 5.41) is 49.2. The van der Waals surface area contributed by atoms with Gasteiger partial charge in [-0.3, -0.25) is 19.2 Å².